The van der Waals surface area contributed by atoms with Crippen LogP contribution in [0.3, 0.4) is 0 Å². The van der Waals surface area contributed by atoms with Crippen molar-refractivity contribution in [1.29, 1.82) is 0 Å². The minimum absolute atomic E-state index is 0.775. The Hall–Kier alpha value is -1.70. The summed E-state index contributed by atoms with van der Waals surface area (Å²) >= 11 is 0. The Bertz CT molecular complexity index is 531. The number of aliphatic hydroxyl groups is 1. The molecule has 0 bridgehead atoms. The Morgan fingerprint density at radius 2 is 1.89 bits per heavy atom. The summed E-state index contributed by atoms with van der Waals surface area (Å²) in [6, 6.07) is 5.88. The van der Waals surface area contributed by atoms with Crippen LogP contribution < -0.4 is 0 Å². The van der Waals surface area contributed by atoms with Crippen LogP contribution in [0.25, 0.3) is 0 Å². The van der Waals surface area contributed by atoms with Gasteiger partial charge in [0.05, 0.1) is 0 Å². The van der Waals surface area contributed by atoms with Crippen molar-refractivity contribution in [2.24, 2.45) is 0 Å². The molecule has 0 atom stereocenters. The van der Waals surface area contributed by atoms with E-state index in [1.165, 1.54) is 6.42 Å². The third-order valence-electron chi connectivity index (χ3n) is 3.44. The van der Waals surface area contributed by atoms with E-state index < -0.39 is 5.60 Å². The van der Waals surface area contributed by atoms with Gasteiger partial charge in [-0.25, -0.2) is 0 Å². The van der Waals surface area contributed by atoms with Gasteiger partial charge in [-0.15, -0.1) is 6.42 Å². The molecule has 1 aliphatic carbocycles. The fourth-order valence-electron chi connectivity index (χ4n) is 2.33. The lowest BCUT2D eigenvalue weighted by atomic mass is 9.85. The molecule has 2 rings (SSSR count). The lowest BCUT2D eigenvalue weighted by molar-refractivity contribution is 0.0610. The van der Waals surface area contributed by atoms with Gasteiger partial charge in [0.25, 0.3) is 0 Å². The summed E-state index contributed by atoms with van der Waals surface area (Å²) < 4.78 is 0. The van der Waals surface area contributed by atoms with Gasteiger partial charge in [-0.2, -0.15) is 0 Å². The Labute approximate surface area is 109 Å². The highest BCUT2D eigenvalue weighted by Crippen LogP contribution is 2.27. The van der Waals surface area contributed by atoms with E-state index in [4.69, 9.17) is 6.42 Å². The van der Waals surface area contributed by atoms with Gasteiger partial charge in [0, 0.05) is 11.1 Å². The second-order valence-electron chi connectivity index (χ2n) is 5.04. The maximum Gasteiger partial charge on any atom is 0.125 e. The molecule has 0 unspecified atom stereocenters. The monoisotopic (exact) mass is 238 g/mol. The molecular weight excluding hydrogens is 220 g/mol. The molecule has 1 aliphatic rings. The maximum atomic E-state index is 10.3. The molecule has 1 aromatic carbocycles. The van der Waals surface area contributed by atoms with E-state index in [9.17, 15) is 5.11 Å². The van der Waals surface area contributed by atoms with Gasteiger partial charge < -0.3 is 5.11 Å². The third-order valence-corrected chi connectivity index (χ3v) is 3.44. The number of aryl methyl sites for hydroxylation is 1. The number of terminal acetylenes is 1. The van der Waals surface area contributed by atoms with Crippen LogP contribution in [-0.4, -0.2) is 10.7 Å². The number of rotatable bonds is 0. The van der Waals surface area contributed by atoms with E-state index in [1.807, 2.05) is 25.1 Å². The molecule has 0 saturated heterocycles. The van der Waals surface area contributed by atoms with E-state index in [2.05, 4.69) is 17.8 Å². The molecular formula is C17H18O. The summed E-state index contributed by atoms with van der Waals surface area (Å²) in [5.41, 5.74) is 1.96. The predicted molar refractivity (Wildman–Crippen MR) is 74.0 cm³/mol. The van der Waals surface area contributed by atoms with Crippen LogP contribution in [0.15, 0.2) is 18.2 Å². The van der Waals surface area contributed by atoms with E-state index >= 15 is 0 Å². The van der Waals surface area contributed by atoms with Crippen LogP contribution in [-0.2, 0) is 0 Å². The van der Waals surface area contributed by atoms with Gasteiger partial charge in [-0.1, -0.05) is 30.2 Å². The topological polar surface area (TPSA) is 20.2 Å². The first-order chi connectivity index (χ1) is 8.63. The first-order valence-corrected chi connectivity index (χ1v) is 6.46. The van der Waals surface area contributed by atoms with E-state index in [0.29, 0.717) is 0 Å². The first-order valence-electron chi connectivity index (χ1n) is 6.46. The first kappa shape index (κ1) is 12.7. The molecule has 0 radical (unpaired) electrons. The maximum absolute atomic E-state index is 10.3. The molecule has 0 spiro atoms. The zero-order valence-corrected chi connectivity index (χ0v) is 10.8. The minimum atomic E-state index is -0.811. The van der Waals surface area contributed by atoms with Crippen LogP contribution in [0.4, 0.5) is 0 Å². The summed E-state index contributed by atoms with van der Waals surface area (Å²) in [5.74, 6) is 8.73. The van der Waals surface area contributed by atoms with Crippen LogP contribution in [0, 0.1) is 31.1 Å². The molecule has 0 heterocycles. The predicted octanol–water partition coefficient (Wildman–Crippen LogP) is 3.02. The van der Waals surface area contributed by atoms with Gasteiger partial charge in [0.1, 0.15) is 5.60 Å². The quantitative estimate of drug-likeness (QED) is 0.689. The second-order valence-corrected chi connectivity index (χ2v) is 5.04. The van der Waals surface area contributed by atoms with Crippen LogP contribution in [0.5, 0.6) is 0 Å². The van der Waals surface area contributed by atoms with Gasteiger partial charge in [0.2, 0.25) is 0 Å². The molecule has 1 N–H and O–H groups in total. The number of benzene rings is 1. The fourth-order valence-corrected chi connectivity index (χ4v) is 2.33. The highest BCUT2D eigenvalue weighted by Gasteiger charge is 2.26. The molecule has 92 valence electrons. The van der Waals surface area contributed by atoms with Crippen molar-refractivity contribution in [2.75, 3.05) is 0 Å². The van der Waals surface area contributed by atoms with Crippen molar-refractivity contribution in [2.45, 2.75) is 44.6 Å². The largest absolute Gasteiger partial charge is 0.378 e. The molecule has 1 heteroatoms. The van der Waals surface area contributed by atoms with Gasteiger partial charge in [0.15, 0.2) is 0 Å². The normalized spacial score (nSPS) is 17.4. The summed E-state index contributed by atoms with van der Waals surface area (Å²) in [4.78, 5) is 0. The molecule has 18 heavy (non-hydrogen) atoms. The zero-order chi connectivity index (χ0) is 13.0. The summed E-state index contributed by atoms with van der Waals surface area (Å²) in [6.07, 6.45) is 10.3. The van der Waals surface area contributed by atoms with Crippen molar-refractivity contribution >= 4 is 0 Å². The highest BCUT2D eigenvalue weighted by molar-refractivity contribution is 5.51. The number of hydrogen-bond acceptors (Lipinski definition) is 1. The SMILES string of the molecule is C#Cc1cc(C)ccc1C#CC1(O)CCCCC1. The van der Waals surface area contributed by atoms with Crippen LogP contribution in [0.2, 0.25) is 0 Å². The molecule has 1 nitrogen and oxygen atoms in total. The minimum Gasteiger partial charge on any atom is -0.378 e. The Morgan fingerprint density at radius 3 is 2.56 bits per heavy atom. The number of hydrogen-bond donors (Lipinski definition) is 1. The third kappa shape index (κ3) is 2.95. The molecule has 0 amide bonds. The summed E-state index contributed by atoms with van der Waals surface area (Å²) in [7, 11) is 0. The second kappa shape index (κ2) is 5.30. The standard InChI is InChI=1S/C17H18O/c1-3-15-13-14(2)7-8-16(15)9-12-17(18)10-5-4-6-11-17/h1,7-8,13,18H,4-6,10-11H2,2H3. The van der Waals surface area contributed by atoms with E-state index in [1.54, 1.807) is 0 Å². The van der Waals surface area contributed by atoms with Crippen molar-refractivity contribution in [1.82, 2.24) is 0 Å². The van der Waals surface area contributed by atoms with Crippen LogP contribution >= 0.6 is 0 Å². The molecule has 1 aromatic rings. The zero-order valence-electron chi connectivity index (χ0n) is 10.8. The Morgan fingerprint density at radius 1 is 1.17 bits per heavy atom. The lowest BCUT2D eigenvalue weighted by Crippen LogP contribution is -2.29. The van der Waals surface area contributed by atoms with Crippen molar-refractivity contribution < 1.29 is 5.11 Å². The average molecular weight is 238 g/mol. The molecule has 1 fully saturated rings. The van der Waals surface area contributed by atoms with Crippen LogP contribution in [0.1, 0.15) is 48.8 Å². The van der Waals surface area contributed by atoms with Crippen molar-refractivity contribution in [3.8, 4) is 24.2 Å². The lowest BCUT2D eigenvalue weighted by Gasteiger charge is -2.26. The fraction of sp³-hybridized carbons (Fsp3) is 0.412. The molecule has 0 aromatic heterocycles. The smallest absolute Gasteiger partial charge is 0.125 e. The summed E-state index contributed by atoms with van der Waals surface area (Å²) in [6.45, 7) is 2.01. The molecule has 1 saturated carbocycles. The average Bonchev–Trinajstić information content (AvgIpc) is 2.38. The summed E-state index contributed by atoms with van der Waals surface area (Å²) in [5, 5.41) is 10.3. The highest BCUT2D eigenvalue weighted by atomic mass is 16.3. The van der Waals surface area contributed by atoms with E-state index in [0.717, 1.165) is 42.4 Å². The van der Waals surface area contributed by atoms with E-state index in [-0.39, 0.29) is 0 Å². The van der Waals surface area contributed by atoms with Crippen molar-refractivity contribution in [3.05, 3.63) is 34.9 Å². The molecule has 0 aliphatic heterocycles. The van der Waals surface area contributed by atoms with Crippen molar-refractivity contribution in [3.63, 3.8) is 0 Å². The van der Waals surface area contributed by atoms with Gasteiger partial charge in [-0.3, -0.25) is 0 Å². The van der Waals surface area contributed by atoms with Gasteiger partial charge in [-0.05, 0) is 50.3 Å². The Balaban J connectivity index is 2.27. The van der Waals surface area contributed by atoms with Gasteiger partial charge >= 0.3 is 0 Å². The Kier molecular flexibility index (Phi) is 3.75.